The van der Waals surface area contributed by atoms with Crippen LogP contribution in [-0.4, -0.2) is 18.8 Å². The van der Waals surface area contributed by atoms with E-state index in [-0.39, 0.29) is 0 Å². The Hall–Kier alpha value is -1.51. The summed E-state index contributed by atoms with van der Waals surface area (Å²) in [6, 6.07) is 2.12. The zero-order chi connectivity index (χ0) is 15.7. The lowest BCUT2D eigenvalue weighted by atomic mass is 10.2. The molecular weight excluding hydrogens is 345 g/mol. The summed E-state index contributed by atoms with van der Waals surface area (Å²) in [6.07, 6.45) is 0. The van der Waals surface area contributed by atoms with Crippen LogP contribution in [0.5, 0.6) is 0 Å². The molecule has 0 radical (unpaired) electrons. The van der Waals surface area contributed by atoms with E-state index in [1.807, 2.05) is 0 Å². The molecule has 6 nitrogen and oxygen atoms in total. The van der Waals surface area contributed by atoms with Gasteiger partial charge in [0.25, 0.3) is 14.7 Å². The topological polar surface area (TPSA) is 101 Å². The average Bonchev–Trinajstić information content (AvgIpc) is 2.24. The maximum Gasteiger partial charge on any atom is 0.446 e. The number of halogens is 4. The van der Waals surface area contributed by atoms with Crippen molar-refractivity contribution in [1.29, 1.82) is 5.26 Å². The minimum atomic E-state index is -4.80. The van der Waals surface area contributed by atoms with Crippen molar-refractivity contribution in [3.8, 4) is 6.07 Å². The molecule has 0 saturated heterocycles. The second-order valence-electron chi connectivity index (χ2n) is 3.17. The molecule has 0 spiro atoms. The summed E-state index contributed by atoms with van der Waals surface area (Å²) < 4.78 is 59.2. The molecule has 20 heavy (non-hydrogen) atoms. The van der Waals surface area contributed by atoms with Crippen LogP contribution < -0.4 is 0 Å². The molecule has 12 heteroatoms. The molecule has 0 saturated carbocycles. The second kappa shape index (κ2) is 5.47. The summed E-state index contributed by atoms with van der Waals surface area (Å²) in [5.41, 5.74) is -6.54. The lowest BCUT2D eigenvalue weighted by Crippen LogP contribution is -2.04. The van der Waals surface area contributed by atoms with Crippen molar-refractivity contribution in [2.45, 2.75) is 15.3 Å². The second-order valence-corrected chi connectivity index (χ2v) is 6.81. The number of nitro benzene ring substituents is 1. The highest BCUT2D eigenvalue weighted by Crippen LogP contribution is 2.41. The first kappa shape index (κ1) is 16.5. The van der Waals surface area contributed by atoms with Crippen LogP contribution >= 0.6 is 22.4 Å². The van der Waals surface area contributed by atoms with Gasteiger partial charge < -0.3 is 0 Å². The van der Waals surface area contributed by atoms with Crippen molar-refractivity contribution in [2.75, 3.05) is 0 Å². The number of alkyl halides is 3. The number of benzene rings is 1. The first-order chi connectivity index (χ1) is 8.95. The first-order valence-corrected chi connectivity index (χ1v) is 7.51. The molecule has 0 aliphatic rings. The highest BCUT2D eigenvalue weighted by molar-refractivity contribution is 8.13. The SMILES string of the molecule is N#Cc1cc([N+](=O)[O-])c(S(=O)(=O)Cl)cc1SC(F)(F)F. The number of hydrogen-bond donors (Lipinski definition) is 0. The van der Waals surface area contributed by atoms with Crippen LogP contribution in [0, 0.1) is 21.4 Å². The van der Waals surface area contributed by atoms with Gasteiger partial charge >= 0.3 is 5.51 Å². The van der Waals surface area contributed by atoms with E-state index in [0.29, 0.717) is 12.1 Å². The molecule has 1 rings (SSSR count). The Morgan fingerprint density at radius 3 is 2.30 bits per heavy atom. The summed E-state index contributed by atoms with van der Waals surface area (Å²) in [6.45, 7) is 0. The van der Waals surface area contributed by atoms with Gasteiger partial charge in [0, 0.05) is 21.6 Å². The lowest BCUT2D eigenvalue weighted by Gasteiger charge is -2.08. The molecule has 0 aromatic heterocycles. The van der Waals surface area contributed by atoms with Gasteiger partial charge in [0.15, 0.2) is 4.90 Å². The minimum Gasteiger partial charge on any atom is -0.258 e. The Morgan fingerprint density at radius 2 is 1.95 bits per heavy atom. The van der Waals surface area contributed by atoms with Crippen LogP contribution in [0.25, 0.3) is 0 Å². The van der Waals surface area contributed by atoms with Crippen molar-refractivity contribution >= 4 is 37.2 Å². The van der Waals surface area contributed by atoms with E-state index in [4.69, 9.17) is 15.9 Å². The van der Waals surface area contributed by atoms with Gasteiger partial charge in [-0.1, -0.05) is 0 Å². The number of thioether (sulfide) groups is 1. The summed E-state index contributed by atoms with van der Waals surface area (Å²) >= 11 is -0.766. The monoisotopic (exact) mass is 346 g/mol. The van der Waals surface area contributed by atoms with Crippen molar-refractivity contribution in [1.82, 2.24) is 0 Å². The first-order valence-electron chi connectivity index (χ1n) is 4.38. The highest BCUT2D eigenvalue weighted by Gasteiger charge is 2.34. The molecule has 0 fully saturated rings. The number of nitriles is 1. The predicted octanol–water partition coefficient (Wildman–Crippen LogP) is 3.01. The molecule has 0 aliphatic heterocycles. The van der Waals surface area contributed by atoms with E-state index < -0.39 is 52.3 Å². The zero-order valence-electron chi connectivity index (χ0n) is 9.01. The van der Waals surface area contributed by atoms with Crippen molar-refractivity contribution < 1.29 is 26.5 Å². The quantitative estimate of drug-likeness (QED) is 0.361. The molecular formula is C8H2ClF3N2O4S2. The van der Waals surface area contributed by atoms with Gasteiger partial charge in [0.2, 0.25) is 0 Å². The van der Waals surface area contributed by atoms with Gasteiger partial charge in [0.05, 0.1) is 10.5 Å². The Labute approximate surface area is 118 Å². The third-order valence-electron chi connectivity index (χ3n) is 1.87. The van der Waals surface area contributed by atoms with E-state index in [1.165, 1.54) is 6.07 Å². The third-order valence-corrected chi connectivity index (χ3v) is 4.01. The minimum absolute atomic E-state index is 0.358. The molecule has 0 aliphatic carbocycles. The van der Waals surface area contributed by atoms with Crippen LogP contribution in [-0.2, 0) is 9.05 Å². The van der Waals surface area contributed by atoms with Gasteiger partial charge in [-0.05, 0) is 17.8 Å². The van der Waals surface area contributed by atoms with Gasteiger partial charge in [-0.2, -0.15) is 18.4 Å². The maximum absolute atomic E-state index is 12.3. The molecule has 0 amide bonds. The Balaban J connectivity index is 3.65. The smallest absolute Gasteiger partial charge is 0.258 e. The molecule has 0 N–H and O–H groups in total. The number of hydrogen-bond acceptors (Lipinski definition) is 6. The maximum atomic E-state index is 12.3. The van der Waals surface area contributed by atoms with E-state index in [9.17, 15) is 31.7 Å². The predicted molar refractivity (Wildman–Crippen MR) is 62.8 cm³/mol. The van der Waals surface area contributed by atoms with Gasteiger partial charge in [-0.25, -0.2) is 8.42 Å². The van der Waals surface area contributed by atoms with Crippen LogP contribution in [0.1, 0.15) is 5.56 Å². The Bertz CT molecular complexity index is 712. The molecule has 108 valence electrons. The van der Waals surface area contributed by atoms with E-state index in [2.05, 4.69) is 0 Å². The highest BCUT2D eigenvalue weighted by atomic mass is 35.7. The van der Waals surface area contributed by atoms with Crippen molar-refractivity contribution in [3.63, 3.8) is 0 Å². The van der Waals surface area contributed by atoms with Gasteiger partial charge in [-0.15, -0.1) is 0 Å². The molecule has 0 atom stereocenters. The third kappa shape index (κ3) is 3.99. The van der Waals surface area contributed by atoms with Gasteiger partial charge in [0.1, 0.15) is 6.07 Å². The summed E-state index contributed by atoms with van der Waals surface area (Å²) in [5.74, 6) is 0. The summed E-state index contributed by atoms with van der Waals surface area (Å²) in [5, 5.41) is 19.4. The number of nitrogens with zero attached hydrogens (tertiary/aromatic N) is 2. The van der Waals surface area contributed by atoms with Crippen LogP contribution in [0.4, 0.5) is 18.9 Å². The molecule has 0 heterocycles. The van der Waals surface area contributed by atoms with Crippen molar-refractivity contribution in [2.24, 2.45) is 0 Å². The fourth-order valence-electron chi connectivity index (χ4n) is 1.18. The van der Waals surface area contributed by atoms with E-state index in [0.717, 1.165) is 0 Å². The number of nitro groups is 1. The fourth-order valence-corrected chi connectivity index (χ4v) is 2.91. The number of rotatable bonds is 3. The Kier molecular flexibility index (Phi) is 4.52. The zero-order valence-corrected chi connectivity index (χ0v) is 11.4. The van der Waals surface area contributed by atoms with Crippen LogP contribution in [0.2, 0.25) is 0 Å². The van der Waals surface area contributed by atoms with E-state index in [1.54, 1.807) is 0 Å². The molecule has 1 aromatic rings. The fraction of sp³-hybridized carbons (Fsp3) is 0.125. The summed E-state index contributed by atoms with van der Waals surface area (Å²) in [7, 11) is 0.300. The Morgan fingerprint density at radius 1 is 1.40 bits per heavy atom. The van der Waals surface area contributed by atoms with Crippen molar-refractivity contribution in [3.05, 3.63) is 27.8 Å². The molecule has 1 aromatic carbocycles. The standard InChI is InChI=1S/C8H2ClF3N2O4S2/c9-20(17,18)7-2-6(19-8(10,11)12)4(3-13)1-5(7)14(15)16/h1-2H. The van der Waals surface area contributed by atoms with Gasteiger partial charge in [-0.3, -0.25) is 10.1 Å². The van der Waals surface area contributed by atoms with Crippen LogP contribution in [0.3, 0.4) is 0 Å². The van der Waals surface area contributed by atoms with E-state index >= 15 is 0 Å². The lowest BCUT2D eigenvalue weighted by molar-refractivity contribution is -0.387. The van der Waals surface area contributed by atoms with Crippen LogP contribution in [0.15, 0.2) is 21.9 Å². The average molecular weight is 347 g/mol. The largest absolute Gasteiger partial charge is 0.446 e. The normalized spacial score (nSPS) is 11.9. The molecule has 0 unspecified atom stereocenters. The summed E-state index contributed by atoms with van der Waals surface area (Å²) in [4.78, 5) is 7.63. The molecule has 0 bridgehead atoms.